The number of benzene rings is 1. The summed E-state index contributed by atoms with van der Waals surface area (Å²) in [5, 5.41) is 2.67. The second-order valence-corrected chi connectivity index (χ2v) is 6.27. The van der Waals surface area contributed by atoms with E-state index in [4.69, 9.17) is 9.47 Å². The molecule has 0 aliphatic heterocycles. The van der Waals surface area contributed by atoms with Crippen LogP contribution in [0.15, 0.2) is 24.3 Å². The molecule has 0 aromatic heterocycles. The molecule has 0 saturated heterocycles. The largest absolute Gasteiger partial charge is 0.482 e. The second-order valence-electron chi connectivity index (χ2n) is 6.27. The summed E-state index contributed by atoms with van der Waals surface area (Å²) >= 11 is 0. The van der Waals surface area contributed by atoms with Crippen LogP contribution in [0, 0.1) is 0 Å². The summed E-state index contributed by atoms with van der Waals surface area (Å²) in [5.74, 6) is -0.368. The lowest BCUT2D eigenvalue weighted by molar-refractivity contribution is -0.153. The number of hydrogen-bond donors (Lipinski definition) is 1. The van der Waals surface area contributed by atoms with Crippen LogP contribution in [-0.4, -0.2) is 56.0 Å². The van der Waals surface area contributed by atoms with E-state index in [2.05, 4.69) is 19.2 Å². The van der Waals surface area contributed by atoms with Crippen LogP contribution in [0.1, 0.15) is 38.7 Å². The molecule has 26 heavy (non-hydrogen) atoms. The standard InChI is InChI=1S/C19H28N2O5/c1-5-10-20-17(22)11-21(4)18(23)12-26-19(24)13-25-16-8-6-15(7-9-16)14(2)3/h6-9,14H,5,10-13H2,1-4H3,(H,20,22). The molecule has 0 aliphatic carbocycles. The number of esters is 1. The van der Waals surface area contributed by atoms with Crippen molar-refractivity contribution in [3.63, 3.8) is 0 Å². The van der Waals surface area contributed by atoms with Crippen LogP contribution in [0.25, 0.3) is 0 Å². The first-order valence-electron chi connectivity index (χ1n) is 8.72. The second kappa shape index (κ2) is 11.1. The molecule has 0 radical (unpaired) electrons. The Labute approximate surface area is 154 Å². The Morgan fingerprint density at radius 1 is 1.12 bits per heavy atom. The Hall–Kier alpha value is -2.57. The van der Waals surface area contributed by atoms with Crippen molar-refractivity contribution in [2.45, 2.75) is 33.1 Å². The maximum Gasteiger partial charge on any atom is 0.344 e. The van der Waals surface area contributed by atoms with E-state index >= 15 is 0 Å². The van der Waals surface area contributed by atoms with Gasteiger partial charge >= 0.3 is 5.97 Å². The molecule has 0 heterocycles. The first-order valence-corrected chi connectivity index (χ1v) is 8.72. The van der Waals surface area contributed by atoms with Gasteiger partial charge in [-0.15, -0.1) is 0 Å². The lowest BCUT2D eigenvalue weighted by Crippen LogP contribution is -2.40. The van der Waals surface area contributed by atoms with Crippen LogP contribution in [0.5, 0.6) is 5.75 Å². The van der Waals surface area contributed by atoms with Crippen LogP contribution >= 0.6 is 0 Å². The predicted octanol–water partition coefficient (Wildman–Crippen LogP) is 1.72. The number of carbonyl (C=O) groups is 3. The summed E-state index contributed by atoms with van der Waals surface area (Å²) in [7, 11) is 1.48. The van der Waals surface area contributed by atoms with E-state index in [-0.39, 0.29) is 19.1 Å². The van der Waals surface area contributed by atoms with Crippen LogP contribution in [0.3, 0.4) is 0 Å². The lowest BCUT2D eigenvalue weighted by Gasteiger charge is -2.16. The topological polar surface area (TPSA) is 84.9 Å². The molecule has 144 valence electrons. The summed E-state index contributed by atoms with van der Waals surface area (Å²) in [6, 6.07) is 7.45. The first-order chi connectivity index (χ1) is 12.3. The van der Waals surface area contributed by atoms with E-state index in [9.17, 15) is 14.4 Å². The fourth-order valence-electron chi connectivity index (χ4n) is 2.01. The third-order valence-electron chi connectivity index (χ3n) is 3.64. The first kappa shape index (κ1) is 21.5. The van der Waals surface area contributed by atoms with E-state index in [0.29, 0.717) is 18.2 Å². The van der Waals surface area contributed by atoms with E-state index in [1.807, 2.05) is 19.1 Å². The van der Waals surface area contributed by atoms with Crippen molar-refractivity contribution in [3.8, 4) is 5.75 Å². The molecule has 7 nitrogen and oxygen atoms in total. The minimum absolute atomic E-state index is 0.0743. The van der Waals surface area contributed by atoms with Gasteiger partial charge in [0.05, 0.1) is 6.54 Å². The molecule has 0 aliphatic rings. The number of ether oxygens (including phenoxy) is 2. The van der Waals surface area contributed by atoms with Crippen LogP contribution in [0.2, 0.25) is 0 Å². The van der Waals surface area contributed by atoms with Crippen molar-refractivity contribution in [1.82, 2.24) is 10.2 Å². The van der Waals surface area contributed by atoms with Crippen LogP contribution < -0.4 is 10.1 Å². The van der Waals surface area contributed by atoms with E-state index in [0.717, 1.165) is 6.42 Å². The molecule has 0 atom stereocenters. The van der Waals surface area contributed by atoms with Gasteiger partial charge in [-0.25, -0.2) is 4.79 Å². The third kappa shape index (κ3) is 8.00. The number of carbonyl (C=O) groups excluding carboxylic acids is 3. The van der Waals surface area contributed by atoms with Crippen molar-refractivity contribution in [3.05, 3.63) is 29.8 Å². The summed E-state index contributed by atoms with van der Waals surface area (Å²) < 4.78 is 10.2. The minimum Gasteiger partial charge on any atom is -0.482 e. The van der Waals surface area contributed by atoms with Gasteiger partial charge in [-0.1, -0.05) is 32.9 Å². The zero-order chi connectivity index (χ0) is 19.5. The summed E-state index contributed by atoms with van der Waals surface area (Å²) in [6.45, 7) is 5.90. The van der Waals surface area contributed by atoms with Crippen LogP contribution in [0.4, 0.5) is 0 Å². The molecule has 0 unspecified atom stereocenters. The van der Waals surface area contributed by atoms with Gasteiger partial charge < -0.3 is 19.7 Å². The zero-order valence-electron chi connectivity index (χ0n) is 15.9. The Bertz CT molecular complexity index is 598. The molecule has 0 bridgehead atoms. The highest BCUT2D eigenvalue weighted by Crippen LogP contribution is 2.18. The van der Waals surface area contributed by atoms with Gasteiger partial charge in [0.25, 0.3) is 5.91 Å². The predicted molar refractivity (Wildman–Crippen MR) is 97.9 cm³/mol. The maximum absolute atomic E-state index is 11.9. The highest BCUT2D eigenvalue weighted by atomic mass is 16.6. The molecule has 7 heteroatoms. The third-order valence-corrected chi connectivity index (χ3v) is 3.64. The average molecular weight is 364 g/mol. The minimum atomic E-state index is -0.643. The van der Waals surface area contributed by atoms with Gasteiger partial charge in [0.2, 0.25) is 5.91 Å². The zero-order valence-corrected chi connectivity index (χ0v) is 15.9. The smallest absolute Gasteiger partial charge is 0.344 e. The number of rotatable bonds is 10. The van der Waals surface area contributed by atoms with Crippen LogP contribution in [-0.2, 0) is 19.1 Å². The van der Waals surface area contributed by atoms with E-state index in [1.165, 1.54) is 17.5 Å². The monoisotopic (exact) mass is 364 g/mol. The summed E-state index contributed by atoms with van der Waals surface area (Å²) in [5.41, 5.74) is 1.18. The quantitative estimate of drug-likeness (QED) is 0.639. The van der Waals surface area contributed by atoms with Gasteiger partial charge in [0, 0.05) is 13.6 Å². The normalized spacial score (nSPS) is 10.3. The van der Waals surface area contributed by atoms with Crippen molar-refractivity contribution >= 4 is 17.8 Å². The molecule has 1 rings (SSSR count). The number of nitrogens with one attached hydrogen (secondary N) is 1. The van der Waals surface area contributed by atoms with E-state index < -0.39 is 18.5 Å². The summed E-state index contributed by atoms with van der Waals surface area (Å²) in [4.78, 5) is 36.3. The van der Waals surface area contributed by atoms with Gasteiger partial charge in [-0.05, 0) is 30.0 Å². The Balaban J connectivity index is 2.30. The van der Waals surface area contributed by atoms with Crippen molar-refractivity contribution in [2.75, 3.05) is 33.4 Å². The molecular weight excluding hydrogens is 336 g/mol. The molecule has 0 spiro atoms. The number of nitrogens with zero attached hydrogens (tertiary/aromatic N) is 1. The SMILES string of the molecule is CCCNC(=O)CN(C)C(=O)COC(=O)COc1ccc(C(C)C)cc1. The van der Waals surface area contributed by atoms with Gasteiger partial charge in [0.15, 0.2) is 13.2 Å². The highest BCUT2D eigenvalue weighted by molar-refractivity contribution is 5.86. The lowest BCUT2D eigenvalue weighted by atomic mass is 10.0. The molecule has 0 saturated carbocycles. The van der Waals surface area contributed by atoms with Crippen molar-refractivity contribution < 1.29 is 23.9 Å². The molecular formula is C19H28N2O5. The number of amides is 2. The molecule has 1 aromatic rings. The van der Waals surface area contributed by atoms with Crippen molar-refractivity contribution in [2.24, 2.45) is 0 Å². The molecule has 1 aromatic carbocycles. The van der Waals surface area contributed by atoms with Gasteiger partial charge in [0.1, 0.15) is 5.75 Å². The van der Waals surface area contributed by atoms with Gasteiger partial charge in [-0.3, -0.25) is 9.59 Å². The fraction of sp³-hybridized carbons (Fsp3) is 0.526. The summed E-state index contributed by atoms with van der Waals surface area (Å²) in [6.07, 6.45) is 0.821. The Kier molecular flexibility index (Phi) is 9.19. The van der Waals surface area contributed by atoms with Gasteiger partial charge in [-0.2, -0.15) is 0 Å². The molecule has 2 amide bonds. The number of likely N-dealkylation sites (N-methyl/N-ethyl adjacent to an activating group) is 1. The molecule has 1 N–H and O–H groups in total. The maximum atomic E-state index is 11.9. The van der Waals surface area contributed by atoms with Crippen molar-refractivity contribution in [1.29, 1.82) is 0 Å². The average Bonchev–Trinajstić information content (AvgIpc) is 2.62. The molecule has 0 fully saturated rings. The Morgan fingerprint density at radius 3 is 2.35 bits per heavy atom. The number of hydrogen-bond acceptors (Lipinski definition) is 5. The van der Waals surface area contributed by atoms with E-state index in [1.54, 1.807) is 12.1 Å². The Morgan fingerprint density at radius 2 is 1.77 bits per heavy atom. The highest BCUT2D eigenvalue weighted by Gasteiger charge is 2.15. The fourth-order valence-corrected chi connectivity index (χ4v) is 2.01.